The fraction of sp³-hybridized carbons (Fsp3) is 0.345. The molecular weight excluding hydrogens is 1350 g/mol. The zero-order valence-electron chi connectivity index (χ0n) is 50.5. The van der Waals surface area contributed by atoms with E-state index in [0.29, 0.717) is 17.3 Å². The summed E-state index contributed by atoms with van der Waals surface area (Å²) < 4.78 is 87.3. The number of carboxylic acids is 5. The first-order chi connectivity index (χ1) is 45.7. The van der Waals surface area contributed by atoms with E-state index >= 15 is 0 Å². The molecule has 1 aliphatic carbocycles. The number of ketones is 1. The summed E-state index contributed by atoms with van der Waals surface area (Å²) in [5, 5.41) is 65.3. The Morgan fingerprint density at radius 2 is 1.31 bits per heavy atom. The molecule has 17 N–H and O–H groups in total. The Bertz CT molecular complexity index is 4190. The van der Waals surface area contributed by atoms with Crippen LogP contribution in [0.4, 0.5) is 10.5 Å². The maximum absolute atomic E-state index is 13.9. The van der Waals surface area contributed by atoms with Crippen LogP contribution in [0.1, 0.15) is 64.8 Å². The third-order valence-corrected chi connectivity index (χ3v) is 17.5. The Morgan fingerprint density at radius 3 is 1.92 bits per heavy atom. The molecule has 0 aromatic heterocycles. The van der Waals surface area contributed by atoms with Gasteiger partial charge in [-0.3, -0.25) is 57.8 Å². The molecule has 1 fully saturated rings. The molecule has 0 radical (unpaired) electrons. The van der Waals surface area contributed by atoms with Gasteiger partial charge in [-0.1, -0.05) is 36.4 Å². The number of carboxylic acid groups (broad SMARTS) is 5. The molecule has 5 atom stereocenters. The van der Waals surface area contributed by atoms with Gasteiger partial charge in [0.15, 0.2) is 16.2 Å². The number of aliphatic carboxylic acids is 4. The quantitative estimate of drug-likeness (QED) is 0.00487. The number of nitrogens with one attached hydrogen (secondary N) is 6. The summed E-state index contributed by atoms with van der Waals surface area (Å²) in [5.41, 5.74) is 3.31. The van der Waals surface area contributed by atoms with Crippen LogP contribution in [-0.2, 0) is 84.1 Å². The van der Waals surface area contributed by atoms with Gasteiger partial charge in [-0.2, -0.15) is 16.8 Å². The van der Waals surface area contributed by atoms with Crippen LogP contribution >= 0.6 is 11.8 Å². The molecule has 0 spiro atoms. The summed E-state index contributed by atoms with van der Waals surface area (Å²) >= 11 is 0.659. The van der Waals surface area contributed by atoms with Crippen molar-refractivity contribution in [1.82, 2.24) is 36.8 Å². The second-order valence-electron chi connectivity index (χ2n) is 21.1. The number of aromatic carboxylic acids is 1. The summed E-state index contributed by atoms with van der Waals surface area (Å²) in [7, 11) is -10.5. The lowest BCUT2D eigenvalue weighted by atomic mass is 9.89. The number of anilines is 1. The number of Topliss-reactive ketones (excluding diaryl/α,β-unsaturated/α-hetero) is 1. The molecule has 520 valence electrons. The third-order valence-electron chi connectivity index (χ3n) is 14.3. The highest BCUT2D eigenvalue weighted by Crippen LogP contribution is 2.46. The second kappa shape index (κ2) is 33.8. The first kappa shape index (κ1) is 75.6. The number of imide groups is 1. The van der Waals surface area contributed by atoms with Gasteiger partial charge in [-0.15, -0.1) is 11.8 Å². The number of nitrogens with two attached hydrogens (primary N) is 2. The van der Waals surface area contributed by atoms with Crippen molar-refractivity contribution in [3.63, 3.8) is 0 Å². The lowest BCUT2D eigenvalue weighted by molar-refractivity contribution is -0.176. The SMILES string of the molecule is Nc1ccc2c(-c3ccc(C(=O)NCCN4C(=O)CC(SCC(NC(=O)C(Cc5ccccc5)NC(=O)CCOCCOCCNC(=O)CC[C@@H](NC(=O)N[C@H](CCC(=O)O)C(=O)O)C(=O)O)C(=O)C(=O)O)C4=O)cc3C(=O)O)c3ccc(=[NH2+])c(S(=O)(=O)O)c-3oc2c1S(=O)(=O)O. The van der Waals surface area contributed by atoms with Crippen LogP contribution < -0.4 is 48.4 Å². The van der Waals surface area contributed by atoms with Crippen LogP contribution in [0.3, 0.4) is 0 Å². The molecule has 0 bridgehead atoms. The number of urea groups is 1. The number of fused-ring (bicyclic) bond motifs is 2. The summed E-state index contributed by atoms with van der Waals surface area (Å²) in [6.45, 7) is -1.26. The molecule has 8 amide bonds. The number of benzene rings is 4. The molecule has 2 aliphatic heterocycles. The van der Waals surface area contributed by atoms with E-state index in [2.05, 4.69) is 21.3 Å². The maximum atomic E-state index is 13.9. The molecule has 39 heteroatoms. The molecule has 3 aliphatic rings. The van der Waals surface area contributed by atoms with Crippen molar-refractivity contribution in [2.45, 2.75) is 84.2 Å². The van der Waals surface area contributed by atoms with E-state index in [4.69, 9.17) is 30.1 Å². The van der Waals surface area contributed by atoms with Crippen LogP contribution in [0, 0.1) is 0 Å². The van der Waals surface area contributed by atoms with E-state index in [1.54, 1.807) is 30.3 Å². The topological polar surface area (TPSA) is 590 Å². The van der Waals surface area contributed by atoms with Crippen molar-refractivity contribution in [3.8, 4) is 22.5 Å². The van der Waals surface area contributed by atoms with Crippen molar-refractivity contribution in [3.05, 3.63) is 94.8 Å². The summed E-state index contributed by atoms with van der Waals surface area (Å²) in [6.07, 6.45) is -2.79. The molecule has 0 saturated carbocycles. The molecule has 97 heavy (non-hydrogen) atoms. The van der Waals surface area contributed by atoms with Gasteiger partial charge in [0.2, 0.25) is 39.8 Å². The molecule has 1 saturated heterocycles. The second-order valence-corrected chi connectivity index (χ2v) is 25.1. The Balaban J connectivity index is 0.999. The predicted octanol–water partition coefficient (Wildman–Crippen LogP) is -2.52. The number of nitrogens with zero attached hydrogens (tertiary/aromatic N) is 1. The number of hydrogen-bond acceptors (Lipinski definition) is 22. The van der Waals surface area contributed by atoms with Crippen LogP contribution in [0.2, 0.25) is 0 Å². The first-order valence-corrected chi connectivity index (χ1v) is 32.7. The Kier molecular flexibility index (Phi) is 26.3. The van der Waals surface area contributed by atoms with Crippen LogP contribution in [0.5, 0.6) is 0 Å². The number of thioether (sulfide) groups is 1. The van der Waals surface area contributed by atoms with Crippen LogP contribution in [0.15, 0.2) is 87.0 Å². The molecule has 3 unspecified atom stereocenters. The van der Waals surface area contributed by atoms with Gasteiger partial charge < -0.3 is 77.1 Å². The van der Waals surface area contributed by atoms with E-state index in [1.807, 2.05) is 10.6 Å². The highest BCUT2D eigenvalue weighted by atomic mass is 32.2. The minimum Gasteiger partial charge on any atom is -0.481 e. The minimum absolute atomic E-state index is 0.0301. The third kappa shape index (κ3) is 20.8. The highest BCUT2D eigenvalue weighted by molar-refractivity contribution is 8.00. The molecule has 6 rings (SSSR count). The van der Waals surface area contributed by atoms with E-state index in [1.165, 1.54) is 12.1 Å². The van der Waals surface area contributed by atoms with Crippen molar-refractivity contribution in [2.75, 3.05) is 57.5 Å². The fourth-order valence-corrected chi connectivity index (χ4v) is 12.4. The van der Waals surface area contributed by atoms with Gasteiger partial charge in [0.05, 0.1) is 42.9 Å². The molecule has 36 nitrogen and oxygen atoms in total. The van der Waals surface area contributed by atoms with Gasteiger partial charge in [0.1, 0.15) is 24.2 Å². The number of carbonyl (C=O) groups is 13. The Hall–Kier alpha value is -10.5. The summed E-state index contributed by atoms with van der Waals surface area (Å²) in [5.74, 6) is -15.8. The maximum Gasteiger partial charge on any atom is 0.374 e. The lowest BCUT2D eigenvalue weighted by Crippen LogP contribution is -2.54. The highest BCUT2D eigenvalue weighted by Gasteiger charge is 2.41. The van der Waals surface area contributed by atoms with E-state index in [9.17, 15) is 109 Å². The van der Waals surface area contributed by atoms with Crippen LogP contribution in [-0.4, -0.2) is 215 Å². The molecule has 2 heterocycles. The standard InChI is InChI=1S/C58H63N9O27S3/c59-34-10-8-31-45(32-9-11-35(60)50(97(89,90)91)48(32)94-47(31)49(34)96(86,87)88)30-7-6-29(25-33(30)54(77)78)51(74)62-17-19-67-43(70)26-40(53(67)76)95-27-39(46(73)57(83)84)64-52(75)38(24-28-4-2-1-3-5-28)63-42(69)16-20-92-22-23-93-21-18-61-41(68)14-12-36(55(79)80)65-58(85)66-37(56(81)82)13-15-44(71)72/h1-11,25,36-40,59H,12-24,26-27,60H2,(H,61,68)(H,62,74)(H,63,69)(H,64,75)(H,71,72)(H,77,78)(H,79,80)(H,81,82)(H,83,84)(H2,65,66,85)(H,86,87,88)(H,89,90,91)/p+1/t36-,37-,38?,39?,40?/m1/s1. The van der Waals surface area contributed by atoms with Crippen LogP contribution in [0.25, 0.3) is 33.4 Å². The number of ether oxygens (including phenoxy) is 2. The minimum atomic E-state index is -5.27. The first-order valence-electron chi connectivity index (χ1n) is 28.7. The average Bonchev–Trinajstić information content (AvgIpc) is 1.13. The van der Waals surface area contributed by atoms with Crippen molar-refractivity contribution < 1.29 is 133 Å². The number of nitrogen functional groups attached to an aromatic ring is 1. The smallest absolute Gasteiger partial charge is 0.374 e. The normalized spacial score (nSPS) is 14.4. The van der Waals surface area contributed by atoms with Crippen molar-refractivity contribution in [2.24, 2.45) is 0 Å². The monoisotopic (exact) mass is 1410 g/mol. The molecule has 3 aromatic rings. The summed E-state index contributed by atoms with van der Waals surface area (Å²) in [4.78, 5) is 162. The van der Waals surface area contributed by atoms with Crippen molar-refractivity contribution in [1.29, 1.82) is 0 Å². The Morgan fingerprint density at radius 1 is 0.680 bits per heavy atom. The predicted molar refractivity (Wildman–Crippen MR) is 331 cm³/mol. The van der Waals surface area contributed by atoms with E-state index in [-0.39, 0.29) is 79.9 Å². The zero-order valence-corrected chi connectivity index (χ0v) is 53.0. The number of carbonyl (C=O) groups excluding carboxylic acids is 8. The largest absolute Gasteiger partial charge is 0.481 e. The number of hydrogen-bond donors (Lipinski definition) is 15. The summed E-state index contributed by atoms with van der Waals surface area (Å²) in [6, 6.07) is 8.06. The number of rotatable bonds is 37. The number of likely N-dealkylation sites (tertiary alicyclic amines) is 1. The zero-order chi connectivity index (χ0) is 71.6. The van der Waals surface area contributed by atoms with Crippen molar-refractivity contribution >= 4 is 126 Å². The number of amides is 8. The van der Waals surface area contributed by atoms with Gasteiger partial charge in [-0.05, 0) is 54.3 Å². The van der Waals surface area contributed by atoms with Gasteiger partial charge in [-0.25, -0.2) is 24.0 Å². The molecule has 3 aromatic carbocycles. The lowest BCUT2D eigenvalue weighted by Gasteiger charge is -2.23. The van der Waals surface area contributed by atoms with E-state index in [0.717, 1.165) is 35.2 Å². The van der Waals surface area contributed by atoms with Gasteiger partial charge in [0.25, 0.3) is 21.8 Å². The van der Waals surface area contributed by atoms with E-state index < -0.39 is 209 Å². The average molecular weight is 1420 g/mol. The fourth-order valence-electron chi connectivity index (χ4n) is 9.70. The Labute approximate surface area is 552 Å². The van der Waals surface area contributed by atoms with Gasteiger partial charge >= 0.3 is 46.0 Å². The molecular formula is C58H64N9O27S3+. The van der Waals surface area contributed by atoms with Gasteiger partial charge in [0, 0.05) is 85.6 Å².